The summed E-state index contributed by atoms with van der Waals surface area (Å²) in [7, 11) is 0. The van der Waals surface area contributed by atoms with Crippen molar-refractivity contribution in [1.82, 2.24) is 0 Å². The van der Waals surface area contributed by atoms with E-state index in [1.54, 1.807) is 24.3 Å². The highest BCUT2D eigenvalue weighted by Gasteiger charge is 2.29. The average Bonchev–Trinajstić information content (AvgIpc) is 2.69. The second kappa shape index (κ2) is 3.73. The Balaban J connectivity index is 1.97. The Morgan fingerprint density at radius 2 is 1.70 bits per heavy atom. The van der Waals surface area contributed by atoms with Gasteiger partial charge in [-0.15, -0.1) is 0 Å². The second-order valence-corrected chi connectivity index (χ2v) is 5.28. The number of benzene rings is 2. The van der Waals surface area contributed by atoms with Crippen LogP contribution in [0.5, 0.6) is 11.5 Å². The lowest BCUT2D eigenvalue weighted by Crippen LogP contribution is -2.08. The van der Waals surface area contributed by atoms with E-state index in [0.29, 0.717) is 0 Å². The summed E-state index contributed by atoms with van der Waals surface area (Å²) in [6.07, 6.45) is 0.768. The standard InChI is InChI=1S/C17H13NO2/c1-9-14-8-12(20)2-4-13(14)17-15(9)7-10-6-11(19)3-5-16(10)18-17/h2-6,8,19-20H,7H2,1H3. The Bertz CT molecular complexity index is 816. The summed E-state index contributed by atoms with van der Waals surface area (Å²) in [6.45, 7) is 2.06. The molecule has 0 saturated heterocycles. The largest absolute Gasteiger partial charge is 0.508 e. The van der Waals surface area contributed by atoms with Gasteiger partial charge < -0.3 is 10.2 Å². The number of phenols is 2. The number of hydrogen-bond acceptors (Lipinski definition) is 3. The monoisotopic (exact) mass is 263 g/mol. The molecule has 0 unspecified atom stereocenters. The highest BCUT2D eigenvalue weighted by atomic mass is 16.3. The summed E-state index contributed by atoms with van der Waals surface area (Å²) >= 11 is 0. The third kappa shape index (κ3) is 1.43. The van der Waals surface area contributed by atoms with E-state index in [-0.39, 0.29) is 11.5 Å². The van der Waals surface area contributed by atoms with Crippen molar-refractivity contribution in [2.75, 3.05) is 0 Å². The summed E-state index contributed by atoms with van der Waals surface area (Å²) in [6, 6.07) is 10.7. The summed E-state index contributed by atoms with van der Waals surface area (Å²) in [5, 5.41) is 19.3. The average molecular weight is 263 g/mol. The molecular weight excluding hydrogens is 250 g/mol. The molecule has 0 saturated carbocycles. The first kappa shape index (κ1) is 11.3. The molecule has 1 aliphatic carbocycles. The third-order valence-corrected chi connectivity index (χ3v) is 4.06. The Hall–Kier alpha value is -2.55. The lowest BCUT2D eigenvalue weighted by Gasteiger charge is -2.16. The van der Waals surface area contributed by atoms with Crippen LogP contribution in [0.15, 0.2) is 47.0 Å². The maximum absolute atomic E-state index is 9.66. The van der Waals surface area contributed by atoms with Gasteiger partial charge in [0.05, 0.1) is 11.4 Å². The van der Waals surface area contributed by atoms with E-state index in [2.05, 4.69) is 6.92 Å². The maximum Gasteiger partial charge on any atom is 0.116 e. The minimum Gasteiger partial charge on any atom is -0.508 e. The van der Waals surface area contributed by atoms with Crippen LogP contribution in [-0.2, 0) is 6.42 Å². The van der Waals surface area contributed by atoms with Crippen molar-refractivity contribution in [1.29, 1.82) is 0 Å². The van der Waals surface area contributed by atoms with Crippen LogP contribution >= 0.6 is 0 Å². The van der Waals surface area contributed by atoms with E-state index < -0.39 is 0 Å². The topological polar surface area (TPSA) is 52.8 Å². The molecule has 0 amide bonds. The van der Waals surface area contributed by atoms with Crippen molar-refractivity contribution in [3.63, 3.8) is 0 Å². The summed E-state index contributed by atoms with van der Waals surface area (Å²) < 4.78 is 0. The predicted molar refractivity (Wildman–Crippen MR) is 78.7 cm³/mol. The number of hydrogen-bond donors (Lipinski definition) is 2. The van der Waals surface area contributed by atoms with Gasteiger partial charge in [-0.1, -0.05) is 0 Å². The number of nitrogens with zero attached hydrogens (tertiary/aromatic N) is 1. The van der Waals surface area contributed by atoms with E-state index in [9.17, 15) is 10.2 Å². The van der Waals surface area contributed by atoms with Crippen molar-refractivity contribution in [2.24, 2.45) is 4.99 Å². The SMILES string of the molecule is CC1=C2Cc3cc(O)ccc3N=C2c2ccc(O)cc21. The van der Waals surface area contributed by atoms with Gasteiger partial charge in [-0.2, -0.15) is 0 Å². The van der Waals surface area contributed by atoms with Crippen molar-refractivity contribution < 1.29 is 10.2 Å². The van der Waals surface area contributed by atoms with Gasteiger partial charge >= 0.3 is 0 Å². The lowest BCUT2D eigenvalue weighted by molar-refractivity contribution is 0.474. The molecule has 0 fully saturated rings. The molecule has 0 bridgehead atoms. The zero-order valence-corrected chi connectivity index (χ0v) is 11.0. The zero-order valence-electron chi connectivity index (χ0n) is 11.0. The molecule has 0 atom stereocenters. The van der Waals surface area contributed by atoms with Crippen LogP contribution in [0.2, 0.25) is 0 Å². The lowest BCUT2D eigenvalue weighted by atomic mass is 9.95. The zero-order chi connectivity index (χ0) is 13.9. The number of aliphatic imine (C=N–C) groups is 1. The molecule has 98 valence electrons. The first-order chi connectivity index (χ1) is 9.63. The maximum atomic E-state index is 9.66. The van der Waals surface area contributed by atoms with E-state index in [4.69, 9.17) is 4.99 Å². The molecule has 20 heavy (non-hydrogen) atoms. The highest BCUT2D eigenvalue weighted by Crippen LogP contribution is 2.42. The molecule has 1 heterocycles. The molecule has 2 aliphatic rings. The summed E-state index contributed by atoms with van der Waals surface area (Å²) in [5.74, 6) is 0.548. The highest BCUT2D eigenvalue weighted by molar-refractivity contribution is 6.25. The normalized spacial score (nSPS) is 15.6. The molecule has 3 heteroatoms. The Morgan fingerprint density at radius 3 is 2.55 bits per heavy atom. The van der Waals surface area contributed by atoms with Gasteiger partial charge in [0.15, 0.2) is 0 Å². The molecule has 1 aliphatic heterocycles. The van der Waals surface area contributed by atoms with E-state index in [0.717, 1.165) is 40.1 Å². The fourth-order valence-corrected chi connectivity index (χ4v) is 3.03. The van der Waals surface area contributed by atoms with Crippen LogP contribution in [0, 0.1) is 0 Å². The minimum absolute atomic E-state index is 0.272. The molecule has 3 nitrogen and oxygen atoms in total. The van der Waals surface area contributed by atoms with E-state index in [1.165, 1.54) is 5.57 Å². The van der Waals surface area contributed by atoms with Crippen molar-refractivity contribution in [3.8, 4) is 11.5 Å². The van der Waals surface area contributed by atoms with Crippen LogP contribution in [0.25, 0.3) is 5.57 Å². The van der Waals surface area contributed by atoms with Gasteiger partial charge in [0.1, 0.15) is 11.5 Å². The molecule has 0 aromatic heterocycles. The number of allylic oxidation sites excluding steroid dienone is 2. The van der Waals surface area contributed by atoms with Crippen molar-refractivity contribution >= 4 is 17.0 Å². The summed E-state index contributed by atoms with van der Waals surface area (Å²) in [4.78, 5) is 4.74. The first-order valence-corrected chi connectivity index (χ1v) is 6.58. The minimum atomic E-state index is 0.272. The van der Waals surface area contributed by atoms with Gasteiger partial charge in [0.25, 0.3) is 0 Å². The Kier molecular flexibility index (Phi) is 2.11. The van der Waals surface area contributed by atoms with Gasteiger partial charge in [0, 0.05) is 12.0 Å². The number of phenolic OH excluding ortho intramolecular Hbond substituents is 2. The van der Waals surface area contributed by atoms with Crippen LogP contribution < -0.4 is 0 Å². The van der Waals surface area contributed by atoms with Gasteiger partial charge in [-0.05, 0) is 65.6 Å². The van der Waals surface area contributed by atoms with E-state index in [1.807, 2.05) is 12.1 Å². The second-order valence-electron chi connectivity index (χ2n) is 5.28. The quantitative estimate of drug-likeness (QED) is 0.763. The molecule has 2 aromatic rings. The number of aromatic hydroxyl groups is 2. The molecule has 2 aromatic carbocycles. The van der Waals surface area contributed by atoms with Gasteiger partial charge in [-0.25, -0.2) is 4.99 Å². The molecule has 2 N–H and O–H groups in total. The number of fused-ring (bicyclic) bond motifs is 4. The van der Waals surface area contributed by atoms with Crippen LogP contribution in [0.1, 0.15) is 23.6 Å². The van der Waals surface area contributed by atoms with E-state index >= 15 is 0 Å². The molecule has 0 spiro atoms. The first-order valence-electron chi connectivity index (χ1n) is 6.58. The third-order valence-electron chi connectivity index (χ3n) is 4.06. The molecule has 0 radical (unpaired) electrons. The fourth-order valence-electron chi connectivity index (χ4n) is 3.03. The predicted octanol–water partition coefficient (Wildman–Crippen LogP) is 3.56. The van der Waals surface area contributed by atoms with Crippen LogP contribution in [0.3, 0.4) is 0 Å². The molecule has 4 rings (SSSR count). The number of rotatable bonds is 0. The van der Waals surface area contributed by atoms with Crippen molar-refractivity contribution in [3.05, 3.63) is 58.7 Å². The smallest absolute Gasteiger partial charge is 0.116 e. The Morgan fingerprint density at radius 1 is 0.950 bits per heavy atom. The summed E-state index contributed by atoms with van der Waals surface area (Å²) in [5.41, 5.74) is 7.42. The Labute approximate surface area is 116 Å². The van der Waals surface area contributed by atoms with Crippen molar-refractivity contribution in [2.45, 2.75) is 13.3 Å². The fraction of sp³-hybridized carbons (Fsp3) is 0.118. The van der Waals surface area contributed by atoms with Gasteiger partial charge in [-0.3, -0.25) is 0 Å². The van der Waals surface area contributed by atoms with Gasteiger partial charge in [0.2, 0.25) is 0 Å². The van der Waals surface area contributed by atoms with Crippen LogP contribution in [0.4, 0.5) is 5.69 Å². The van der Waals surface area contributed by atoms with Crippen LogP contribution in [-0.4, -0.2) is 15.9 Å². The molecular formula is C17H13NO2.